The Morgan fingerprint density at radius 3 is 2.74 bits per heavy atom. The number of hydrogen-bond donors (Lipinski definition) is 1. The van der Waals surface area contributed by atoms with E-state index in [4.69, 9.17) is 0 Å². The Hall–Kier alpha value is -0.110. The van der Waals surface area contributed by atoms with Crippen LogP contribution in [0.25, 0.3) is 0 Å². The Morgan fingerprint density at radius 1 is 1.47 bits per heavy atom. The van der Waals surface area contributed by atoms with E-state index in [0.717, 1.165) is 22.3 Å². The van der Waals surface area contributed by atoms with Gasteiger partial charge in [-0.05, 0) is 46.8 Å². The van der Waals surface area contributed by atoms with Crippen molar-refractivity contribution < 1.29 is 17.9 Å². The topological polar surface area (TPSA) is 21.3 Å². The summed E-state index contributed by atoms with van der Waals surface area (Å²) in [5, 5.41) is 5.28. The van der Waals surface area contributed by atoms with E-state index in [9.17, 15) is 13.2 Å². The molecule has 7 heteroatoms. The maximum atomic E-state index is 12.0. The fourth-order valence-electron chi connectivity index (χ4n) is 1.59. The molecule has 1 unspecified atom stereocenters. The maximum absolute atomic E-state index is 12.0. The molecule has 1 N–H and O–H groups in total. The minimum Gasteiger partial charge on any atom is -0.372 e. The van der Waals surface area contributed by atoms with Crippen molar-refractivity contribution >= 4 is 27.3 Å². The molecule has 1 atom stereocenters. The van der Waals surface area contributed by atoms with Crippen LogP contribution in [0.5, 0.6) is 0 Å². The first-order chi connectivity index (χ1) is 8.94. The van der Waals surface area contributed by atoms with Crippen molar-refractivity contribution in [2.45, 2.75) is 32.0 Å². The van der Waals surface area contributed by atoms with E-state index in [1.54, 1.807) is 11.3 Å². The summed E-state index contributed by atoms with van der Waals surface area (Å²) in [6.45, 7) is 1.78. The maximum Gasteiger partial charge on any atom is 0.411 e. The summed E-state index contributed by atoms with van der Waals surface area (Å²) >= 11 is 5.03. The molecular formula is C12H17BrF3NOS. The highest BCUT2D eigenvalue weighted by Gasteiger charge is 2.27. The first-order valence-electron chi connectivity index (χ1n) is 6.04. The van der Waals surface area contributed by atoms with Crippen LogP contribution in [0.15, 0.2) is 15.9 Å². The lowest BCUT2D eigenvalue weighted by Crippen LogP contribution is -2.24. The number of ether oxygens (including phenoxy) is 1. The van der Waals surface area contributed by atoms with E-state index in [1.165, 1.54) is 0 Å². The highest BCUT2D eigenvalue weighted by Crippen LogP contribution is 2.31. The molecule has 0 aliphatic carbocycles. The number of rotatable bonds is 8. The van der Waals surface area contributed by atoms with Crippen LogP contribution in [0, 0.1) is 0 Å². The minimum absolute atomic E-state index is 0.0301. The van der Waals surface area contributed by atoms with Gasteiger partial charge in [0.15, 0.2) is 0 Å². The summed E-state index contributed by atoms with van der Waals surface area (Å²) in [6, 6.07) is 1.97. The van der Waals surface area contributed by atoms with Gasteiger partial charge in [-0.1, -0.05) is 6.92 Å². The van der Waals surface area contributed by atoms with Gasteiger partial charge < -0.3 is 10.1 Å². The third-order valence-electron chi connectivity index (χ3n) is 2.42. The quantitative estimate of drug-likeness (QED) is 0.689. The molecule has 0 spiro atoms. The molecule has 2 nitrogen and oxygen atoms in total. The van der Waals surface area contributed by atoms with Crippen LogP contribution < -0.4 is 5.32 Å². The third kappa shape index (κ3) is 6.74. The number of nitrogens with one attached hydrogen (secondary N) is 1. The van der Waals surface area contributed by atoms with Gasteiger partial charge in [0, 0.05) is 22.0 Å². The lowest BCUT2D eigenvalue weighted by atomic mass is 10.1. The fraction of sp³-hybridized carbons (Fsp3) is 0.667. The van der Waals surface area contributed by atoms with Gasteiger partial charge in [-0.3, -0.25) is 0 Å². The van der Waals surface area contributed by atoms with Crippen molar-refractivity contribution in [3.05, 3.63) is 20.8 Å². The van der Waals surface area contributed by atoms with Gasteiger partial charge in [0.1, 0.15) is 6.61 Å². The zero-order valence-electron chi connectivity index (χ0n) is 10.6. The molecule has 1 heterocycles. The van der Waals surface area contributed by atoms with E-state index in [2.05, 4.69) is 26.0 Å². The number of halogens is 4. The van der Waals surface area contributed by atoms with Crippen LogP contribution in [0.2, 0.25) is 0 Å². The smallest absolute Gasteiger partial charge is 0.372 e. The van der Waals surface area contributed by atoms with Crippen LogP contribution in [0.3, 0.4) is 0 Å². The van der Waals surface area contributed by atoms with Gasteiger partial charge >= 0.3 is 6.18 Å². The summed E-state index contributed by atoms with van der Waals surface area (Å²) < 4.78 is 41.6. The van der Waals surface area contributed by atoms with Crippen molar-refractivity contribution in [2.75, 3.05) is 19.8 Å². The second kappa shape index (κ2) is 8.24. The predicted octanol–water partition coefficient (Wildman–Crippen LogP) is 4.52. The van der Waals surface area contributed by atoms with Crippen molar-refractivity contribution in [3.63, 3.8) is 0 Å². The van der Waals surface area contributed by atoms with Gasteiger partial charge in [0.25, 0.3) is 0 Å². The Balaban J connectivity index is 2.45. The van der Waals surface area contributed by atoms with Crippen molar-refractivity contribution in [1.29, 1.82) is 0 Å². The lowest BCUT2D eigenvalue weighted by molar-refractivity contribution is -0.174. The SMILES string of the molecule is CCCNC(CCOCC(F)(F)F)c1sccc1Br. The predicted molar refractivity (Wildman–Crippen MR) is 74.5 cm³/mol. The number of hydrogen-bond acceptors (Lipinski definition) is 3. The molecule has 110 valence electrons. The molecule has 1 aromatic heterocycles. The lowest BCUT2D eigenvalue weighted by Gasteiger charge is -2.18. The largest absolute Gasteiger partial charge is 0.411 e. The summed E-state index contributed by atoms with van der Waals surface area (Å²) in [4.78, 5) is 1.10. The van der Waals surface area contributed by atoms with Gasteiger partial charge in [-0.2, -0.15) is 13.2 Å². The van der Waals surface area contributed by atoms with E-state index < -0.39 is 12.8 Å². The second-order valence-electron chi connectivity index (χ2n) is 4.10. The highest BCUT2D eigenvalue weighted by molar-refractivity contribution is 9.10. The van der Waals surface area contributed by atoms with Crippen LogP contribution in [-0.4, -0.2) is 25.9 Å². The Bertz CT molecular complexity index is 370. The molecule has 0 radical (unpaired) electrons. The standard InChI is InChI=1S/C12H17BrF3NOS/c1-2-5-17-10(11-9(13)4-7-19-11)3-6-18-8-12(14,15)16/h4,7,10,17H,2-3,5-6,8H2,1H3. The van der Waals surface area contributed by atoms with Crippen LogP contribution in [0.4, 0.5) is 13.2 Å². The van der Waals surface area contributed by atoms with E-state index >= 15 is 0 Å². The number of alkyl halides is 3. The molecule has 0 saturated heterocycles. The highest BCUT2D eigenvalue weighted by atomic mass is 79.9. The fourth-order valence-corrected chi connectivity index (χ4v) is 3.35. The average molecular weight is 360 g/mol. The van der Waals surface area contributed by atoms with Gasteiger partial charge in [-0.15, -0.1) is 11.3 Å². The zero-order valence-corrected chi connectivity index (χ0v) is 13.0. The van der Waals surface area contributed by atoms with Crippen molar-refractivity contribution in [3.8, 4) is 0 Å². The monoisotopic (exact) mass is 359 g/mol. The summed E-state index contributed by atoms with van der Waals surface area (Å²) in [7, 11) is 0. The van der Waals surface area contributed by atoms with E-state index in [0.29, 0.717) is 6.42 Å². The van der Waals surface area contributed by atoms with E-state index in [-0.39, 0.29) is 12.6 Å². The van der Waals surface area contributed by atoms with Crippen LogP contribution in [0.1, 0.15) is 30.7 Å². The minimum atomic E-state index is -4.25. The van der Waals surface area contributed by atoms with Gasteiger partial charge in [0.05, 0.1) is 0 Å². The van der Waals surface area contributed by atoms with Crippen molar-refractivity contribution in [2.24, 2.45) is 0 Å². The second-order valence-corrected chi connectivity index (χ2v) is 5.90. The zero-order chi connectivity index (χ0) is 14.3. The average Bonchev–Trinajstić information content (AvgIpc) is 2.73. The first-order valence-corrected chi connectivity index (χ1v) is 7.72. The molecule has 1 aromatic rings. The summed E-state index contributed by atoms with van der Waals surface area (Å²) in [6.07, 6.45) is -2.76. The molecule has 1 rings (SSSR count). The third-order valence-corrected chi connectivity index (χ3v) is 4.40. The Kier molecular flexibility index (Phi) is 7.35. The summed E-state index contributed by atoms with van der Waals surface area (Å²) in [5.41, 5.74) is 0. The first kappa shape index (κ1) is 16.9. The molecule has 0 fully saturated rings. The molecule has 0 aliphatic heterocycles. The Morgan fingerprint density at radius 2 is 2.21 bits per heavy atom. The summed E-state index contributed by atoms with van der Waals surface area (Å²) in [5.74, 6) is 0. The molecule has 19 heavy (non-hydrogen) atoms. The van der Waals surface area contributed by atoms with Crippen LogP contribution in [-0.2, 0) is 4.74 Å². The van der Waals surface area contributed by atoms with Gasteiger partial charge in [0.2, 0.25) is 0 Å². The molecule has 0 aliphatic rings. The van der Waals surface area contributed by atoms with E-state index in [1.807, 2.05) is 18.4 Å². The van der Waals surface area contributed by atoms with Crippen LogP contribution >= 0.6 is 27.3 Å². The van der Waals surface area contributed by atoms with Gasteiger partial charge in [-0.25, -0.2) is 0 Å². The van der Waals surface area contributed by atoms with Crippen molar-refractivity contribution in [1.82, 2.24) is 5.32 Å². The molecular weight excluding hydrogens is 343 g/mol. The molecule has 0 saturated carbocycles. The molecule has 0 amide bonds. The molecule has 0 bridgehead atoms. The Labute approximate surface area is 123 Å². The normalized spacial score (nSPS) is 13.7. The number of thiophene rings is 1. The molecule has 0 aromatic carbocycles.